The molecule has 1 aromatic heterocycles. The summed E-state index contributed by atoms with van der Waals surface area (Å²) < 4.78 is 1.92. The van der Waals surface area contributed by atoms with Crippen molar-refractivity contribution in [3.8, 4) is 0 Å². The standard InChI is InChI=1S/C17H12Cl2N2.ClH/c18-15-5-1-13(2-6-15)17(11-21-10-9-20-12-21)14-3-7-16(19)8-4-14;/h1-12H;1H. The Kier molecular flexibility index (Phi) is 5.67. The zero-order chi connectivity index (χ0) is 14.7. The normalized spacial score (nSPS) is 9.91. The van der Waals surface area contributed by atoms with Crippen LogP contribution in [0, 0.1) is 0 Å². The van der Waals surface area contributed by atoms with E-state index in [9.17, 15) is 0 Å². The monoisotopic (exact) mass is 350 g/mol. The van der Waals surface area contributed by atoms with E-state index in [1.165, 1.54) is 0 Å². The summed E-state index contributed by atoms with van der Waals surface area (Å²) in [6.07, 6.45) is 7.43. The fourth-order valence-corrected chi connectivity index (χ4v) is 2.32. The van der Waals surface area contributed by atoms with Gasteiger partial charge in [-0.1, -0.05) is 47.5 Å². The Hall–Kier alpha value is -1.74. The Labute approximate surface area is 145 Å². The van der Waals surface area contributed by atoms with Gasteiger partial charge in [0.1, 0.15) is 0 Å². The topological polar surface area (TPSA) is 17.8 Å². The van der Waals surface area contributed by atoms with E-state index in [0.717, 1.165) is 26.7 Å². The number of rotatable bonds is 3. The lowest BCUT2D eigenvalue weighted by atomic mass is 9.99. The minimum Gasteiger partial charge on any atom is -0.312 e. The summed E-state index contributed by atoms with van der Waals surface area (Å²) in [6, 6.07) is 15.5. The molecule has 0 aliphatic carbocycles. The number of aromatic nitrogens is 2. The fourth-order valence-electron chi connectivity index (χ4n) is 2.07. The van der Waals surface area contributed by atoms with E-state index in [1.807, 2.05) is 65.5 Å². The molecule has 0 radical (unpaired) electrons. The third-order valence-electron chi connectivity index (χ3n) is 3.11. The van der Waals surface area contributed by atoms with E-state index in [2.05, 4.69) is 4.98 Å². The van der Waals surface area contributed by atoms with Gasteiger partial charge in [0.15, 0.2) is 0 Å². The van der Waals surface area contributed by atoms with Crippen LogP contribution in [-0.4, -0.2) is 9.55 Å². The van der Waals surface area contributed by atoms with Gasteiger partial charge in [-0.05, 0) is 35.4 Å². The van der Waals surface area contributed by atoms with E-state index in [-0.39, 0.29) is 12.4 Å². The Morgan fingerprint density at radius 1 is 0.864 bits per heavy atom. The highest BCUT2D eigenvalue weighted by atomic mass is 35.5. The third kappa shape index (κ3) is 3.92. The van der Waals surface area contributed by atoms with Gasteiger partial charge in [0.25, 0.3) is 0 Å². The number of hydrogen-bond donors (Lipinski definition) is 0. The molecule has 22 heavy (non-hydrogen) atoms. The van der Waals surface area contributed by atoms with Crippen molar-refractivity contribution < 1.29 is 0 Å². The summed E-state index contributed by atoms with van der Waals surface area (Å²) in [5, 5.41) is 1.44. The summed E-state index contributed by atoms with van der Waals surface area (Å²) in [6.45, 7) is 0. The molecule has 112 valence electrons. The molecule has 0 N–H and O–H groups in total. The second-order valence-corrected chi connectivity index (χ2v) is 5.44. The molecule has 0 unspecified atom stereocenters. The van der Waals surface area contributed by atoms with E-state index >= 15 is 0 Å². The van der Waals surface area contributed by atoms with Crippen molar-refractivity contribution in [1.29, 1.82) is 0 Å². The van der Waals surface area contributed by atoms with Crippen LogP contribution in [0.5, 0.6) is 0 Å². The van der Waals surface area contributed by atoms with Crippen LogP contribution >= 0.6 is 35.6 Å². The first-order chi connectivity index (χ1) is 10.2. The van der Waals surface area contributed by atoms with Crippen LogP contribution in [0.4, 0.5) is 0 Å². The summed E-state index contributed by atoms with van der Waals surface area (Å²) in [4.78, 5) is 4.07. The summed E-state index contributed by atoms with van der Waals surface area (Å²) in [5.74, 6) is 0. The average Bonchev–Trinajstić information content (AvgIpc) is 3.00. The van der Waals surface area contributed by atoms with Gasteiger partial charge in [0.2, 0.25) is 0 Å². The van der Waals surface area contributed by atoms with Crippen molar-refractivity contribution in [1.82, 2.24) is 9.55 Å². The minimum atomic E-state index is 0. The van der Waals surface area contributed by atoms with Gasteiger partial charge in [-0.3, -0.25) is 0 Å². The van der Waals surface area contributed by atoms with Gasteiger partial charge in [0.05, 0.1) is 6.33 Å². The average molecular weight is 352 g/mol. The van der Waals surface area contributed by atoms with Crippen LogP contribution < -0.4 is 0 Å². The molecule has 0 aliphatic heterocycles. The molecule has 2 nitrogen and oxygen atoms in total. The number of benzene rings is 2. The Bertz CT molecular complexity index is 698. The molecular weight excluding hydrogens is 339 g/mol. The maximum absolute atomic E-state index is 5.97. The van der Waals surface area contributed by atoms with Crippen molar-refractivity contribution in [2.24, 2.45) is 0 Å². The quantitative estimate of drug-likeness (QED) is 0.595. The first kappa shape index (κ1) is 16.6. The molecule has 2 aromatic carbocycles. The summed E-state index contributed by atoms with van der Waals surface area (Å²) in [5.41, 5.74) is 3.23. The largest absolute Gasteiger partial charge is 0.312 e. The molecule has 0 bridgehead atoms. The molecule has 5 heteroatoms. The smallest absolute Gasteiger partial charge is 0.0986 e. The van der Waals surface area contributed by atoms with Gasteiger partial charge >= 0.3 is 0 Å². The number of hydrogen-bond acceptors (Lipinski definition) is 1. The van der Waals surface area contributed by atoms with E-state index in [1.54, 1.807) is 12.5 Å². The number of imidazole rings is 1. The van der Waals surface area contributed by atoms with Gasteiger partial charge in [-0.25, -0.2) is 4.98 Å². The molecule has 0 fully saturated rings. The molecule has 1 heterocycles. The molecule has 0 amide bonds. The van der Waals surface area contributed by atoms with Crippen molar-refractivity contribution >= 4 is 47.4 Å². The first-order valence-electron chi connectivity index (χ1n) is 6.43. The van der Waals surface area contributed by atoms with E-state index in [4.69, 9.17) is 23.2 Å². The molecule has 0 saturated heterocycles. The molecule has 3 rings (SSSR count). The maximum Gasteiger partial charge on any atom is 0.0986 e. The van der Waals surface area contributed by atoms with Crippen LogP contribution in [0.25, 0.3) is 11.8 Å². The van der Waals surface area contributed by atoms with E-state index < -0.39 is 0 Å². The molecule has 0 spiro atoms. The molecule has 0 saturated carbocycles. The van der Waals surface area contributed by atoms with Gasteiger partial charge < -0.3 is 4.57 Å². The lowest BCUT2D eigenvalue weighted by Gasteiger charge is -2.09. The van der Waals surface area contributed by atoms with Crippen LogP contribution in [0.2, 0.25) is 10.0 Å². The van der Waals surface area contributed by atoms with Gasteiger partial charge in [-0.2, -0.15) is 0 Å². The zero-order valence-electron chi connectivity index (χ0n) is 11.5. The highest BCUT2D eigenvalue weighted by Crippen LogP contribution is 2.26. The van der Waals surface area contributed by atoms with Crippen molar-refractivity contribution in [2.45, 2.75) is 0 Å². The Morgan fingerprint density at radius 2 is 1.36 bits per heavy atom. The number of halogens is 3. The van der Waals surface area contributed by atoms with E-state index in [0.29, 0.717) is 0 Å². The van der Waals surface area contributed by atoms with Crippen molar-refractivity contribution in [3.05, 3.63) is 88.4 Å². The SMILES string of the molecule is Cl.Clc1ccc(C(=Cn2ccnc2)c2ccc(Cl)cc2)cc1. The maximum atomic E-state index is 5.97. The lowest BCUT2D eigenvalue weighted by molar-refractivity contribution is 1.14. The first-order valence-corrected chi connectivity index (χ1v) is 7.19. The third-order valence-corrected chi connectivity index (χ3v) is 3.62. The van der Waals surface area contributed by atoms with Gasteiger partial charge in [0, 0.05) is 34.2 Å². The molecule has 0 atom stereocenters. The molecule has 0 aliphatic rings. The van der Waals surface area contributed by atoms with Crippen LogP contribution in [0.3, 0.4) is 0 Å². The van der Waals surface area contributed by atoms with Crippen molar-refractivity contribution in [2.75, 3.05) is 0 Å². The Balaban J connectivity index is 0.00000176. The zero-order valence-corrected chi connectivity index (χ0v) is 13.8. The molecular formula is C17H13Cl3N2. The van der Waals surface area contributed by atoms with Crippen LogP contribution in [0.15, 0.2) is 67.3 Å². The second-order valence-electron chi connectivity index (χ2n) is 4.57. The molecule has 3 aromatic rings. The fraction of sp³-hybridized carbons (Fsp3) is 0. The highest BCUT2D eigenvalue weighted by Gasteiger charge is 2.06. The highest BCUT2D eigenvalue weighted by molar-refractivity contribution is 6.31. The summed E-state index contributed by atoms with van der Waals surface area (Å²) in [7, 11) is 0. The predicted octanol–water partition coefficient (Wildman–Crippen LogP) is 5.66. The Morgan fingerprint density at radius 3 is 1.77 bits per heavy atom. The lowest BCUT2D eigenvalue weighted by Crippen LogP contribution is -1.91. The second kappa shape index (κ2) is 7.50. The van der Waals surface area contributed by atoms with Crippen LogP contribution in [0.1, 0.15) is 11.1 Å². The minimum absolute atomic E-state index is 0. The van der Waals surface area contributed by atoms with Gasteiger partial charge in [-0.15, -0.1) is 12.4 Å². The van der Waals surface area contributed by atoms with Crippen molar-refractivity contribution in [3.63, 3.8) is 0 Å². The van der Waals surface area contributed by atoms with Crippen LogP contribution in [-0.2, 0) is 0 Å². The predicted molar refractivity (Wildman–Crippen MR) is 95.6 cm³/mol. The summed E-state index contributed by atoms with van der Waals surface area (Å²) >= 11 is 11.9. The number of nitrogens with zero attached hydrogens (tertiary/aromatic N) is 2.